The Morgan fingerprint density at radius 3 is 2.48 bits per heavy atom. The van der Waals surface area contributed by atoms with E-state index in [0.29, 0.717) is 11.6 Å². The Morgan fingerprint density at radius 1 is 1.29 bits per heavy atom. The second kappa shape index (κ2) is 12.1. The second-order valence-electron chi connectivity index (χ2n) is 8.82. The fraction of sp³-hybridized carbons (Fsp3) is 0.423. The third-order valence-corrected chi connectivity index (χ3v) is 4.99. The van der Waals surface area contributed by atoms with Gasteiger partial charge >= 0.3 is 0 Å². The fourth-order valence-corrected chi connectivity index (χ4v) is 3.01. The number of benzene rings is 1. The fourth-order valence-electron chi connectivity index (χ4n) is 3.01. The van der Waals surface area contributed by atoms with E-state index in [0.717, 1.165) is 35.4 Å². The molecule has 0 radical (unpaired) electrons. The number of alkyl halides is 1. The number of anilines is 1. The first-order valence-corrected chi connectivity index (χ1v) is 10.7. The number of nitrogens with one attached hydrogen (secondary N) is 3. The Morgan fingerprint density at radius 2 is 1.97 bits per heavy atom. The standard InChI is InChI=1S/C26H39FN4/c1-9-10-11-23(18-31(7)8)30-25-15-13-21(16-22(25)17-28)12-14-24(19(2)3)29-20(4)26(5,6)27/h9-11,13,15-19,24,28-30H,1,4,12,14H2,2-3,5-8H3/b11-10-,23-18+,28-17?. The van der Waals surface area contributed by atoms with E-state index >= 15 is 0 Å². The molecule has 1 aromatic rings. The Kier molecular flexibility index (Phi) is 10.3. The quantitative estimate of drug-likeness (QED) is 0.266. The van der Waals surface area contributed by atoms with Crippen molar-refractivity contribution in [2.24, 2.45) is 5.92 Å². The lowest BCUT2D eigenvalue weighted by Crippen LogP contribution is -2.39. The van der Waals surface area contributed by atoms with Crippen LogP contribution in [0.5, 0.6) is 0 Å². The zero-order valence-corrected chi connectivity index (χ0v) is 19.9. The highest BCUT2D eigenvalue weighted by molar-refractivity contribution is 5.86. The molecule has 1 aromatic carbocycles. The molecule has 170 valence electrons. The van der Waals surface area contributed by atoms with Gasteiger partial charge in [0.15, 0.2) is 0 Å². The van der Waals surface area contributed by atoms with E-state index in [4.69, 9.17) is 5.41 Å². The maximum atomic E-state index is 14.2. The maximum absolute atomic E-state index is 14.2. The van der Waals surface area contributed by atoms with E-state index in [1.165, 1.54) is 20.1 Å². The summed E-state index contributed by atoms with van der Waals surface area (Å²) >= 11 is 0. The zero-order valence-electron chi connectivity index (χ0n) is 19.9. The van der Waals surface area contributed by atoms with Crippen molar-refractivity contribution in [3.8, 4) is 0 Å². The number of rotatable bonds is 13. The van der Waals surface area contributed by atoms with Gasteiger partial charge in [0.25, 0.3) is 0 Å². The van der Waals surface area contributed by atoms with Gasteiger partial charge < -0.3 is 20.9 Å². The summed E-state index contributed by atoms with van der Waals surface area (Å²) in [5, 5.41) is 14.5. The van der Waals surface area contributed by atoms with Gasteiger partial charge in [-0.15, -0.1) is 0 Å². The Labute approximate surface area is 188 Å². The molecule has 0 saturated heterocycles. The van der Waals surface area contributed by atoms with E-state index in [9.17, 15) is 4.39 Å². The average Bonchev–Trinajstić information content (AvgIpc) is 2.68. The highest BCUT2D eigenvalue weighted by Crippen LogP contribution is 2.22. The number of hydrogen-bond acceptors (Lipinski definition) is 4. The maximum Gasteiger partial charge on any atom is 0.144 e. The molecule has 0 aliphatic rings. The molecule has 0 heterocycles. The van der Waals surface area contributed by atoms with E-state index in [2.05, 4.69) is 43.7 Å². The number of allylic oxidation sites excluding steroid dienone is 4. The minimum Gasteiger partial charge on any atom is -0.383 e. The lowest BCUT2D eigenvalue weighted by Gasteiger charge is -2.29. The monoisotopic (exact) mass is 426 g/mol. The molecule has 0 saturated carbocycles. The van der Waals surface area contributed by atoms with Gasteiger partial charge in [-0.3, -0.25) is 0 Å². The van der Waals surface area contributed by atoms with E-state index < -0.39 is 5.67 Å². The smallest absolute Gasteiger partial charge is 0.144 e. The highest BCUT2D eigenvalue weighted by atomic mass is 19.1. The third kappa shape index (κ3) is 9.24. The molecule has 3 N–H and O–H groups in total. The van der Waals surface area contributed by atoms with Crippen molar-refractivity contribution in [3.63, 3.8) is 0 Å². The first-order chi connectivity index (χ1) is 14.5. The van der Waals surface area contributed by atoms with Crippen LogP contribution in [0.2, 0.25) is 0 Å². The number of nitrogens with zero attached hydrogens (tertiary/aromatic N) is 1. The SMILES string of the molecule is C=C/C=C\C(=C/N(C)C)Nc1ccc(CCC(NC(=C)C(C)(C)F)C(C)C)cc1C=N. The molecular formula is C26H39FN4. The van der Waals surface area contributed by atoms with E-state index in [-0.39, 0.29) is 6.04 Å². The number of aryl methyl sites for hydroxylation is 1. The van der Waals surface area contributed by atoms with Crippen molar-refractivity contribution in [2.45, 2.75) is 52.2 Å². The highest BCUT2D eigenvalue weighted by Gasteiger charge is 2.24. The summed E-state index contributed by atoms with van der Waals surface area (Å²) < 4.78 is 14.2. The summed E-state index contributed by atoms with van der Waals surface area (Å²) in [6.07, 6.45) is 10.5. The zero-order chi connectivity index (χ0) is 23.6. The molecule has 0 fully saturated rings. The molecule has 5 heteroatoms. The van der Waals surface area contributed by atoms with Crippen LogP contribution in [0, 0.1) is 11.3 Å². The summed E-state index contributed by atoms with van der Waals surface area (Å²) in [6.45, 7) is 14.9. The molecule has 0 spiro atoms. The van der Waals surface area contributed by atoms with Gasteiger partial charge in [-0.25, -0.2) is 4.39 Å². The van der Waals surface area contributed by atoms with Crippen LogP contribution in [0.3, 0.4) is 0 Å². The van der Waals surface area contributed by atoms with Gasteiger partial charge in [0.2, 0.25) is 0 Å². The Hall–Kier alpha value is -2.82. The van der Waals surface area contributed by atoms with Crippen molar-refractivity contribution in [1.29, 1.82) is 5.41 Å². The van der Waals surface area contributed by atoms with Crippen molar-refractivity contribution >= 4 is 11.9 Å². The Bertz CT molecular complexity index is 813. The summed E-state index contributed by atoms with van der Waals surface area (Å²) in [6, 6.07) is 6.24. The van der Waals surface area contributed by atoms with Gasteiger partial charge in [0.1, 0.15) is 5.67 Å². The molecule has 0 aliphatic heterocycles. The minimum atomic E-state index is -1.45. The van der Waals surface area contributed by atoms with Crippen molar-refractivity contribution < 1.29 is 4.39 Å². The van der Waals surface area contributed by atoms with E-state index in [1.54, 1.807) is 6.08 Å². The largest absolute Gasteiger partial charge is 0.383 e. The molecule has 0 aliphatic carbocycles. The molecule has 1 unspecified atom stereocenters. The topological polar surface area (TPSA) is 51.1 Å². The van der Waals surface area contributed by atoms with Gasteiger partial charge in [-0.1, -0.05) is 45.2 Å². The molecule has 4 nitrogen and oxygen atoms in total. The van der Waals surface area contributed by atoms with Crippen LogP contribution in [0.15, 0.2) is 67.2 Å². The predicted octanol–water partition coefficient (Wildman–Crippen LogP) is 6.05. The summed E-state index contributed by atoms with van der Waals surface area (Å²) in [4.78, 5) is 1.96. The number of halogens is 1. The Balaban J connectivity index is 2.97. The van der Waals surface area contributed by atoms with Crippen LogP contribution >= 0.6 is 0 Å². The summed E-state index contributed by atoms with van der Waals surface area (Å²) in [5.74, 6) is 0.345. The lowest BCUT2D eigenvalue weighted by molar-refractivity contribution is 0.240. The first kappa shape index (κ1) is 26.2. The predicted molar refractivity (Wildman–Crippen MR) is 133 cm³/mol. The normalized spacial score (nSPS) is 13.2. The van der Waals surface area contributed by atoms with Crippen LogP contribution in [-0.2, 0) is 6.42 Å². The van der Waals surface area contributed by atoms with Crippen LogP contribution in [0.1, 0.15) is 45.2 Å². The average molecular weight is 427 g/mol. The van der Waals surface area contributed by atoms with Gasteiger partial charge in [-0.2, -0.15) is 0 Å². The molecule has 31 heavy (non-hydrogen) atoms. The van der Waals surface area contributed by atoms with E-state index in [1.807, 2.05) is 49.5 Å². The van der Waals surface area contributed by atoms with Gasteiger partial charge in [-0.05, 0) is 56.4 Å². The number of hydrogen-bond donors (Lipinski definition) is 3. The minimum absolute atomic E-state index is 0.127. The van der Waals surface area contributed by atoms with Crippen molar-refractivity contribution in [1.82, 2.24) is 10.2 Å². The molecule has 1 atom stereocenters. The van der Waals surface area contributed by atoms with Crippen LogP contribution in [-0.4, -0.2) is 36.9 Å². The lowest BCUT2D eigenvalue weighted by atomic mass is 9.94. The van der Waals surface area contributed by atoms with Crippen molar-refractivity contribution in [2.75, 3.05) is 19.4 Å². The second-order valence-corrected chi connectivity index (χ2v) is 8.82. The van der Waals surface area contributed by atoms with Gasteiger partial charge in [0.05, 0.1) is 5.70 Å². The molecule has 0 amide bonds. The van der Waals surface area contributed by atoms with Crippen LogP contribution < -0.4 is 10.6 Å². The molecular weight excluding hydrogens is 387 g/mol. The molecule has 0 bridgehead atoms. The van der Waals surface area contributed by atoms with Crippen molar-refractivity contribution in [3.05, 3.63) is 78.3 Å². The molecule has 0 aromatic heterocycles. The molecule has 1 rings (SSSR count). The van der Waals surface area contributed by atoms with Gasteiger partial charge in [0, 0.05) is 49.5 Å². The van der Waals surface area contributed by atoms with Crippen LogP contribution in [0.25, 0.3) is 0 Å². The third-order valence-electron chi connectivity index (χ3n) is 4.99. The summed E-state index contributed by atoms with van der Waals surface area (Å²) in [7, 11) is 3.92. The van der Waals surface area contributed by atoms with Crippen LogP contribution in [0.4, 0.5) is 10.1 Å². The summed E-state index contributed by atoms with van der Waals surface area (Å²) in [5.41, 5.74) is 2.69. The first-order valence-electron chi connectivity index (χ1n) is 10.7.